The van der Waals surface area contributed by atoms with Gasteiger partial charge in [-0.3, -0.25) is 19.8 Å². The Morgan fingerprint density at radius 3 is 2.68 bits per heavy atom. The van der Waals surface area contributed by atoms with Crippen molar-refractivity contribution in [2.75, 3.05) is 6.61 Å². The van der Waals surface area contributed by atoms with Crippen molar-refractivity contribution in [1.29, 1.82) is 0 Å². The van der Waals surface area contributed by atoms with Crippen molar-refractivity contribution < 1.29 is 19.2 Å². The fourth-order valence-electron chi connectivity index (χ4n) is 2.66. The number of amides is 1. The highest BCUT2D eigenvalue weighted by Gasteiger charge is 2.39. The number of benzene rings is 1. The van der Waals surface area contributed by atoms with E-state index in [1.165, 1.54) is 30.0 Å². The molecule has 1 aromatic rings. The van der Waals surface area contributed by atoms with Crippen LogP contribution in [0.1, 0.15) is 32.4 Å². The number of carbonyl (C=O) groups excluding carboxylic acids is 2. The number of nitrogens with zero attached hydrogens (tertiary/aromatic N) is 2. The van der Waals surface area contributed by atoms with E-state index in [-0.39, 0.29) is 23.0 Å². The van der Waals surface area contributed by atoms with E-state index < -0.39 is 22.8 Å². The lowest BCUT2D eigenvalue weighted by molar-refractivity contribution is -0.384. The summed E-state index contributed by atoms with van der Waals surface area (Å²) < 4.78 is 5.09. The molecule has 1 aliphatic rings. The fraction of sp³-hybridized carbons (Fsp3) is 0.312. The Morgan fingerprint density at radius 1 is 1.44 bits per heavy atom. The van der Waals surface area contributed by atoms with Crippen LogP contribution < -0.4 is 5.32 Å². The van der Waals surface area contributed by atoms with Crippen LogP contribution in [0, 0.1) is 10.1 Å². The molecule has 1 aromatic carbocycles. The molecule has 1 atom stereocenters. The van der Waals surface area contributed by atoms with Gasteiger partial charge in [0, 0.05) is 24.8 Å². The van der Waals surface area contributed by atoms with Gasteiger partial charge in [-0.25, -0.2) is 4.79 Å². The Balaban J connectivity index is 2.67. The van der Waals surface area contributed by atoms with Gasteiger partial charge in [0.1, 0.15) is 0 Å². The first-order valence-corrected chi connectivity index (χ1v) is 7.91. The lowest BCUT2D eigenvalue weighted by atomic mass is 9.93. The maximum Gasteiger partial charge on any atom is 0.338 e. The molecule has 1 amide bonds. The van der Waals surface area contributed by atoms with Crippen LogP contribution in [0.3, 0.4) is 0 Å². The van der Waals surface area contributed by atoms with Gasteiger partial charge in [-0.15, -0.1) is 0 Å². The second-order valence-electron chi connectivity index (χ2n) is 5.33. The number of thiocarbonyl (C=S) groups is 1. The summed E-state index contributed by atoms with van der Waals surface area (Å²) in [7, 11) is 0. The Labute approximate surface area is 149 Å². The van der Waals surface area contributed by atoms with E-state index in [9.17, 15) is 19.7 Å². The molecule has 0 fully saturated rings. The zero-order valence-corrected chi connectivity index (χ0v) is 14.8. The molecule has 132 valence electrons. The summed E-state index contributed by atoms with van der Waals surface area (Å²) in [5, 5.41) is 14.0. The summed E-state index contributed by atoms with van der Waals surface area (Å²) in [6.45, 7) is 4.77. The van der Waals surface area contributed by atoms with E-state index in [2.05, 4.69) is 5.32 Å². The fourth-order valence-corrected chi connectivity index (χ4v) is 3.05. The number of allylic oxidation sites excluding steroid dienone is 1. The minimum Gasteiger partial charge on any atom is -0.463 e. The molecule has 8 nitrogen and oxygen atoms in total. The molecule has 0 aromatic heterocycles. The number of nitro groups is 1. The Hall–Kier alpha value is -2.81. The molecule has 1 heterocycles. The molecule has 0 saturated carbocycles. The van der Waals surface area contributed by atoms with Crippen LogP contribution in [0.5, 0.6) is 0 Å². The van der Waals surface area contributed by atoms with Crippen molar-refractivity contribution in [3.05, 3.63) is 51.2 Å². The molecule has 0 saturated heterocycles. The van der Waals surface area contributed by atoms with Crippen molar-refractivity contribution in [2.45, 2.75) is 26.8 Å². The Bertz CT molecular complexity index is 790. The second-order valence-corrected chi connectivity index (χ2v) is 5.72. The summed E-state index contributed by atoms with van der Waals surface area (Å²) in [6, 6.07) is 4.86. The van der Waals surface area contributed by atoms with Gasteiger partial charge < -0.3 is 10.1 Å². The predicted octanol–water partition coefficient (Wildman–Crippen LogP) is 2.21. The van der Waals surface area contributed by atoms with Gasteiger partial charge in [0.2, 0.25) is 5.91 Å². The van der Waals surface area contributed by atoms with E-state index in [0.717, 1.165) is 0 Å². The molecule has 25 heavy (non-hydrogen) atoms. The van der Waals surface area contributed by atoms with Crippen molar-refractivity contribution in [2.24, 2.45) is 0 Å². The standard InChI is InChI=1S/C16H17N3O5S/c1-4-24-15(21)13-9(2)17-16(25)18(10(3)20)14(13)11-6-5-7-12(8-11)19(22)23/h5-8,14H,4H2,1-3H3,(H,17,25). The summed E-state index contributed by atoms with van der Waals surface area (Å²) in [5.41, 5.74) is 0.880. The highest BCUT2D eigenvalue weighted by atomic mass is 32.1. The molecule has 1 unspecified atom stereocenters. The zero-order chi connectivity index (χ0) is 18.7. The summed E-state index contributed by atoms with van der Waals surface area (Å²) in [6.07, 6.45) is 0. The van der Waals surface area contributed by atoms with Crippen molar-refractivity contribution in [1.82, 2.24) is 10.2 Å². The quantitative estimate of drug-likeness (QED) is 0.379. The maximum absolute atomic E-state index is 12.5. The summed E-state index contributed by atoms with van der Waals surface area (Å²) >= 11 is 5.22. The minimum atomic E-state index is -0.898. The van der Waals surface area contributed by atoms with Crippen LogP contribution in [0.25, 0.3) is 0 Å². The SMILES string of the molecule is CCOC(=O)C1=C(C)NC(=S)N(C(C)=O)C1c1cccc([N+](=O)[O-])c1. The molecule has 9 heteroatoms. The van der Waals surface area contributed by atoms with Crippen molar-refractivity contribution in [3.63, 3.8) is 0 Å². The average Bonchev–Trinajstić information content (AvgIpc) is 2.53. The lowest BCUT2D eigenvalue weighted by Gasteiger charge is -2.37. The van der Waals surface area contributed by atoms with E-state index in [4.69, 9.17) is 17.0 Å². The molecule has 0 radical (unpaired) electrons. The maximum atomic E-state index is 12.5. The van der Waals surface area contributed by atoms with Crippen LogP contribution in [-0.4, -0.2) is 33.4 Å². The molecular formula is C16H17N3O5S. The first-order valence-electron chi connectivity index (χ1n) is 7.51. The van der Waals surface area contributed by atoms with Crippen molar-refractivity contribution in [3.8, 4) is 0 Å². The topological polar surface area (TPSA) is 102 Å². The molecule has 1 N–H and O–H groups in total. The number of nitro benzene ring substituents is 1. The van der Waals surface area contributed by atoms with Gasteiger partial charge in [-0.05, 0) is 31.6 Å². The monoisotopic (exact) mass is 363 g/mol. The number of ether oxygens (including phenoxy) is 1. The molecule has 0 bridgehead atoms. The lowest BCUT2D eigenvalue weighted by Crippen LogP contribution is -2.50. The van der Waals surface area contributed by atoms with Gasteiger partial charge in [0.25, 0.3) is 5.69 Å². The first kappa shape index (κ1) is 18.5. The largest absolute Gasteiger partial charge is 0.463 e. The van der Waals surface area contributed by atoms with Crippen LogP contribution in [0.15, 0.2) is 35.5 Å². The molecule has 0 spiro atoms. The van der Waals surface area contributed by atoms with Crippen LogP contribution in [-0.2, 0) is 14.3 Å². The Morgan fingerprint density at radius 2 is 2.12 bits per heavy atom. The van der Waals surface area contributed by atoms with Crippen molar-refractivity contribution >= 4 is 34.9 Å². The number of non-ortho nitro benzene ring substituents is 1. The second kappa shape index (κ2) is 7.39. The molecule has 0 aliphatic carbocycles. The minimum absolute atomic E-state index is 0.120. The molecule has 2 rings (SSSR count). The van der Waals surface area contributed by atoms with Gasteiger partial charge >= 0.3 is 5.97 Å². The smallest absolute Gasteiger partial charge is 0.338 e. The number of esters is 1. The third kappa shape index (κ3) is 3.66. The summed E-state index contributed by atoms with van der Waals surface area (Å²) in [5.74, 6) is -1.01. The third-order valence-corrected chi connectivity index (χ3v) is 3.98. The van der Waals surface area contributed by atoms with E-state index in [1.807, 2.05) is 0 Å². The zero-order valence-electron chi connectivity index (χ0n) is 13.9. The van der Waals surface area contributed by atoms with E-state index >= 15 is 0 Å². The van der Waals surface area contributed by atoms with Crippen LogP contribution in [0.2, 0.25) is 0 Å². The van der Waals surface area contributed by atoms with E-state index in [0.29, 0.717) is 11.3 Å². The van der Waals surface area contributed by atoms with Gasteiger partial charge in [-0.1, -0.05) is 12.1 Å². The third-order valence-electron chi connectivity index (χ3n) is 3.68. The van der Waals surface area contributed by atoms with E-state index in [1.54, 1.807) is 19.9 Å². The Kier molecular flexibility index (Phi) is 5.48. The van der Waals surface area contributed by atoms with Gasteiger partial charge in [0.15, 0.2) is 5.11 Å². The number of carbonyl (C=O) groups is 2. The number of hydrogen-bond acceptors (Lipinski definition) is 6. The summed E-state index contributed by atoms with van der Waals surface area (Å²) in [4.78, 5) is 36.3. The average molecular weight is 363 g/mol. The van der Waals surface area contributed by atoms with Gasteiger partial charge in [0.05, 0.1) is 23.1 Å². The number of rotatable bonds is 4. The highest BCUT2D eigenvalue weighted by molar-refractivity contribution is 7.80. The number of hydrogen-bond donors (Lipinski definition) is 1. The van der Waals surface area contributed by atoms with Gasteiger partial charge in [-0.2, -0.15) is 0 Å². The predicted molar refractivity (Wildman–Crippen MR) is 93.4 cm³/mol. The van der Waals surface area contributed by atoms with Crippen LogP contribution >= 0.6 is 12.2 Å². The molecular weight excluding hydrogens is 346 g/mol. The highest BCUT2D eigenvalue weighted by Crippen LogP contribution is 2.35. The molecule has 1 aliphatic heterocycles. The first-order chi connectivity index (χ1) is 11.8. The number of nitrogens with one attached hydrogen (secondary N) is 1. The van der Waals surface area contributed by atoms with Crippen LogP contribution in [0.4, 0.5) is 5.69 Å². The normalized spacial score (nSPS) is 17.2.